The Labute approximate surface area is 238 Å². The second kappa shape index (κ2) is 11.5. The molecule has 0 atom stereocenters. The number of anilines is 1. The van der Waals surface area contributed by atoms with Gasteiger partial charge in [0.05, 0.1) is 10.9 Å². The van der Waals surface area contributed by atoms with Crippen molar-refractivity contribution >= 4 is 46.0 Å². The molecular weight excluding hydrogens is 533 g/mol. The normalized spacial score (nSPS) is 17.2. The van der Waals surface area contributed by atoms with Gasteiger partial charge in [0.15, 0.2) is 0 Å². The van der Waals surface area contributed by atoms with Crippen LogP contribution >= 0.6 is 23.2 Å². The Morgan fingerprint density at radius 2 is 1.28 bits per heavy atom. The monoisotopic (exact) mass is 563 g/mol. The minimum Gasteiger partial charge on any atom is -0.353 e. The van der Waals surface area contributed by atoms with Gasteiger partial charge in [-0.15, -0.1) is 0 Å². The molecule has 2 aliphatic rings. The van der Waals surface area contributed by atoms with E-state index in [1.54, 1.807) is 12.5 Å². The molecule has 0 aliphatic carbocycles. The largest absolute Gasteiger partial charge is 0.353 e. The van der Waals surface area contributed by atoms with E-state index in [2.05, 4.69) is 53.9 Å². The van der Waals surface area contributed by atoms with E-state index < -0.39 is 0 Å². The number of benzene rings is 2. The second-order valence-electron chi connectivity index (χ2n) is 10.2. The van der Waals surface area contributed by atoms with E-state index in [0.29, 0.717) is 24.3 Å². The number of hydrogen-bond acceptors (Lipinski definition) is 6. The van der Waals surface area contributed by atoms with Crippen molar-refractivity contribution in [1.29, 1.82) is 0 Å². The fourth-order valence-electron chi connectivity index (χ4n) is 5.45. The predicted molar refractivity (Wildman–Crippen MR) is 155 cm³/mol. The van der Waals surface area contributed by atoms with E-state index in [-0.39, 0.29) is 5.91 Å². The fraction of sp³-hybridized carbons (Fsp3) is 0.345. The average molecular weight is 565 g/mol. The predicted octanol–water partition coefficient (Wildman–Crippen LogP) is 4.54. The van der Waals surface area contributed by atoms with Crippen LogP contribution in [-0.2, 0) is 13.1 Å². The number of amides is 1. The molecule has 0 radical (unpaired) electrons. The zero-order valence-corrected chi connectivity index (χ0v) is 23.2. The highest BCUT2D eigenvalue weighted by Gasteiger charge is 2.28. The summed E-state index contributed by atoms with van der Waals surface area (Å²) in [5, 5.41) is 2.32. The zero-order chi connectivity index (χ0) is 26.8. The third kappa shape index (κ3) is 5.89. The topological polar surface area (TPSA) is 71.6 Å². The third-order valence-electron chi connectivity index (χ3n) is 7.65. The molecule has 202 valence electrons. The van der Waals surface area contributed by atoms with Gasteiger partial charge in [-0.05, 0) is 35.4 Å². The number of carbonyl (C=O) groups is 1. The summed E-state index contributed by atoms with van der Waals surface area (Å²) in [7, 11) is 0. The van der Waals surface area contributed by atoms with Gasteiger partial charge in [0.1, 0.15) is 17.8 Å². The number of nitrogens with one attached hydrogen (secondary N) is 1. The van der Waals surface area contributed by atoms with Crippen molar-refractivity contribution in [1.82, 2.24) is 29.7 Å². The van der Waals surface area contributed by atoms with Crippen LogP contribution in [0.4, 0.5) is 5.82 Å². The highest BCUT2D eigenvalue weighted by molar-refractivity contribution is 6.30. The van der Waals surface area contributed by atoms with Gasteiger partial charge in [0.25, 0.3) is 5.91 Å². The Hall–Kier alpha value is -3.17. The van der Waals surface area contributed by atoms with Gasteiger partial charge in [-0.1, -0.05) is 47.5 Å². The van der Waals surface area contributed by atoms with Crippen molar-refractivity contribution in [3.8, 4) is 0 Å². The number of fused-ring (bicyclic) bond motifs is 1. The Morgan fingerprint density at radius 3 is 1.85 bits per heavy atom. The highest BCUT2D eigenvalue weighted by Crippen LogP contribution is 2.29. The summed E-state index contributed by atoms with van der Waals surface area (Å²) >= 11 is 12.1. The first-order valence-corrected chi connectivity index (χ1v) is 14.1. The number of rotatable bonds is 6. The van der Waals surface area contributed by atoms with Crippen LogP contribution in [0.1, 0.15) is 21.5 Å². The molecule has 2 aromatic carbocycles. The maximum Gasteiger partial charge on any atom is 0.256 e. The molecule has 0 bridgehead atoms. The smallest absolute Gasteiger partial charge is 0.256 e. The summed E-state index contributed by atoms with van der Waals surface area (Å²) in [6, 6.07) is 16.0. The Kier molecular flexibility index (Phi) is 7.70. The maximum absolute atomic E-state index is 13.7. The summed E-state index contributed by atoms with van der Waals surface area (Å²) in [4.78, 5) is 35.0. The van der Waals surface area contributed by atoms with Crippen LogP contribution in [0.2, 0.25) is 10.0 Å². The molecule has 39 heavy (non-hydrogen) atoms. The number of hydrogen-bond donors (Lipinski definition) is 1. The van der Waals surface area contributed by atoms with Gasteiger partial charge in [-0.2, -0.15) is 0 Å². The van der Waals surface area contributed by atoms with Crippen molar-refractivity contribution in [2.75, 3.05) is 57.3 Å². The molecule has 4 aromatic rings. The summed E-state index contributed by atoms with van der Waals surface area (Å²) in [5.41, 5.74) is 3.83. The van der Waals surface area contributed by atoms with E-state index in [1.807, 2.05) is 29.2 Å². The first kappa shape index (κ1) is 26.1. The van der Waals surface area contributed by atoms with Crippen LogP contribution in [-0.4, -0.2) is 87.9 Å². The van der Waals surface area contributed by atoms with E-state index in [1.165, 1.54) is 11.1 Å². The summed E-state index contributed by atoms with van der Waals surface area (Å²) < 4.78 is 0. The van der Waals surface area contributed by atoms with Crippen molar-refractivity contribution in [2.24, 2.45) is 0 Å². The molecule has 0 saturated carbocycles. The molecule has 0 spiro atoms. The maximum atomic E-state index is 13.7. The quantitative estimate of drug-likeness (QED) is 0.371. The molecule has 2 aliphatic heterocycles. The molecule has 8 nitrogen and oxygen atoms in total. The standard InChI is InChI=1S/C29H31Cl2N7O/c30-23-5-1-21(2-6-23)18-35-9-13-37(14-10-35)28-26-25(17-32-27(26)33-20-34-28)29(39)38-15-11-36(12-16-38)19-22-3-7-24(31)8-4-22/h1-8,17,20H,9-16,18-19H2,(H,32,33,34). The molecule has 10 heteroatoms. The second-order valence-corrected chi connectivity index (χ2v) is 11.1. The van der Waals surface area contributed by atoms with Crippen molar-refractivity contribution < 1.29 is 4.79 Å². The molecule has 6 rings (SSSR count). The molecule has 1 amide bonds. The number of H-pyrrole nitrogens is 1. The molecule has 4 heterocycles. The lowest BCUT2D eigenvalue weighted by Gasteiger charge is -2.36. The number of piperazine rings is 2. The van der Waals surface area contributed by atoms with Crippen LogP contribution in [0.3, 0.4) is 0 Å². The minimum atomic E-state index is 0.0322. The first-order chi connectivity index (χ1) is 19.0. The van der Waals surface area contributed by atoms with E-state index in [9.17, 15) is 4.79 Å². The lowest BCUT2D eigenvalue weighted by Crippen LogP contribution is -2.48. The number of aromatic amines is 1. The Balaban J connectivity index is 1.11. The summed E-state index contributed by atoms with van der Waals surface area (Å²) in [5.74, 6) is 0.863. The number of halogens is 2. The van der Waals surface area contributed by atoms with Crippen LogP contribution in [0, 0.1) is 0 Å². The lowest BCUT2D eigenvalue weighted by molar-refractivity contribution is 0.0630. The van der Waals surface area contributed by atoms with Gasteiger partial charge < -0.3 is 14.8 Å². The van der Waals surface area contributed by atoms with Crippen LogP contribution in [0.5, 0.6) is 0 Å². The molecule has 2 saturated heterocycles. The van der Waals surface area contributed by atoms with Gasteiger partial charge >= 0.3 is 0 Å². The number of nitrogens with zero attached hydrogens (tertiary/aromatic N) is 6. The van der Waals surface area contributed by atoms with Gasteiger partial charge in [-0.3, -0.25) is 14.6 Å². The van der Waals surface area contributed by atoms with Crippen LogP contribution in [0.15, 0.2) is 61.1 Å². The summed E-state index contributed by atoms with van der Waals surface area (Å²) in [6.45, 7) is 8.28. The van der Waals surface area contributed by atoms with E-state index >= 15 is 0 Å². The highest BCUT2D eigenvalue weighted by atomic mass is 35.5. The third-order valence-corrected chi connectivity index (χ3v) is 8.15. The Morgan fingerprint density at radius 1 is 0.744 bits per heavy atom. The van der Waals surface area contributed by atoms with Crippen LogP contribution < -0.4 is 4.90 Å². The molecule has 0 unspecified atom stereocenters. The summed E-state index contributed by atoms with van der Waals surface area (Å²) in [6.07, 6.45) is 3.38. The Bertz CT molecular complexity index is 1420. The van der Waals surface area contributed by atoms with Crippen LogP contribution in [0.25, 0.3) is 11.0 Å². The minimum absolute atomic E-state index is 0.0322. The molecule has 2 fully saturated rings. The zero-order valence-electron chi connectivity index (χ0n) is 21.7. The van der Waals surface area contributed by atoms with Crippen molar-refractivity contribution in [3.05, 3.63) is 87.8 Å². The molecule has 2 aromatic heterocycles. The number of carbonyl (C=O) groups excluding carboxylic acids is 1. The van der Waals surface area contributed by atoms with Crippen molar-refractivity contribution in [3.63, 3.8) is 0 Å². The van der Waals surface area contributed by atoms with Gasteiger partial charge in [0.2, 0.25) is 0 Å². The van der Waals surface area contributed by atoms with Gasteiger partial charge in [0, 0.05) is 81.7 Å². The molecular formula is C29H31Cl2N7O. The SMILES string of the molecule is O=C(c1c[nH]c2ncnc(N3CCN(Cc4ccc(Cl)cc4)CC3)c12)N1CCN(Cc2ccc(Cl)cc2)CC1. The van der Waals surface area contributed by atoms with E-state index in [4.69, 9.17) is 23.2 Å². The average Bonchev–Trinajstić information content (AvgIpc) is 3.41. The number of aromatic nitrogens is 3. The fourth-order valence-corrected chi connectivity index (χ4v) is 5.70. The lowest BCUT2D eigenvalue weighted by atomic mass is 10.1. The van der Waals surface area contributed by atoms with Gasteiger partial charge in [-0.25, -0.2) is 9.97 Å². The van der Waals surface area contributed by atoms with E-state index in [0.717, 1.165) is 73.6 Å². The molecule has 1 N–H and O–H groups in total. The first-order valence-electron chi connectivity index (χ1n) is 13.3. The van der Waals surface area contributed by atoms with Crippen molar-refractivity contribution in [2.45, 2.75) is 13.1 Å².